The van der Waals surface area contributed by atoms with E-state index in [1.54, 1.807) is 0 Å². The largest absolute Gasteiger partial charge is 0.573 e. The van der Waals surface area contributed by atoms with Gasteiger partial charge in [-0.3, -0.25) is 9.13 Å². The molecule has 0 saturated carbocycles. The lowest BCUT2D eigenvalue weighted by Gasteiger charge is -2.61. The van der Waals surface area contributed by atoms with Crippen LogP contribution >= 0.6 is 0 Å². The van der Waals surface area contributed by atoms with E-state index in [9.17, 15) is 4.79 Å². The topological polar surface area (TPSA) is 57.8 Å². The van der Waals surface area contributed by atoms with Gasteiger partial charge in [0.1, 0.15) is 0 Å². The molecule has 1 aliphatic heterocycles. The van der Waals surface area contributed by atoms with E-state index < -0.39 is 43.3 Å². The van der Waals surface area contributed by atoms with Gasteiger partial charge in [-0.2, -0.15) is 0 Å². The second-order valence-electron chi connectivity index (χ2n) is 18.2. The Morgan fingerprint density at radius 1 is 0.562 bits per heavy atom. The van der Waals surface area contributed by atoms with Crippen LogP contribution in [0.3, 0.4) is 0 Å². The first-order chi connectivity index (χ1) is 21.9. The first-order valence-corrected chi connectivity index (χ1v) is 36.2. The minimum absolute atomic E-state index is 0.306. The van der Waals surface area contributed by atoms with E-state index in [2.05, 4.69) is 172 Å². The Labute approximate surface area is 295 Å². The molecular weight excluding hydrogens is 675 g/mol. The van der Waals surface area contributed by atoms with Gasteiger partial charge in [0, 0.05) is 35.2 Å². The van der Waals surface area contributed by atoms with Gasteiger partial charge in [0.25, 0.3) is 0 Å². The third kappa shape index (κ3) is 6.20. The van der Waals surface area contributed by atoms with Gasteiger partial charge in [-0.15, -0.1) is 0 Å². The van der Waals surface area contributed by atoms with Crippen LogP contribution in [0.5, 0.6) is 0 Å². The Kier molecular flexibility index (Phi) is 10.6. The Morgan fingerprint density at radius 2 is 0.854 bits per heavy atom. The van der Waals surface area contributed by atoms with E-state index >= 15 is 0 Å². The molecule has 1 saturated heterocycles. The van der Waals surface area contributed by atoms with Crippen LogP contribution in [0, 0.1) is 0 Å². The van der Waals surface area contributed by atoms with E-state index in [1.807, 2.05) is 0 Å². The van der Waals surface area contributed by atoms with Crippen LogP contribution in [-0.2, 0) is 8.85 Å². The summed E-state index contributed by atoms with van der Waals surface area (Å²) in [6.45, 7) is 40.9. The van der Waals surface area contributed by atoms with Gasteiger partial charge < -0.3 is 8.85 Å². The molecule has 1 fully saturated rings. The molecule has 0 N–H and O–H groups in total. The van der Waals surface area contributed by atoms with Gasteiger partial charge in [-0.1, -0.05) is 151 Å². The minimum atomic E-state index is -3.45. The molecule has 264 valence electrons. The molecular formula is C37H63N3O3Si5. The van der Waals surface area contributed by atoms with Gasteiger partial charge in [0.05, 0.1) is 11.4 Å². The number of imidazole rings is 1. The predicted molar refractivity (Wildman–Crippen MR) is 216 cm³/mol. The lowest BCUT2D eigenvalue weighted by Crippen LogP contribution is -2.97. The molecule has 0 radical (unpaired) electrons. The van der Waals surface area contributed by atoms with Crippen LogP contribution in [0.4, 0.5) is 4.79 Å². The van der Waals surface area contributed by atoms with Crippen LogP contribution < -0.4 is 5.62 Å². The van der Waals surface area contributed by atoms with E-state index in [0.717, 1.165) is 5.62 Å². The molecule has 48 heavy (non-hydrogen) atoms. The highest BCUT2D eigenvalue weighted by Gasteiger charge is 2.84. The number of hydrogen-bond acceptors (Lipinski definition) is 4. The summed E-state index contributed by atoms with van der Waals surface area (Å²) in [4.78, 5) is 13.1. The molecule has 2 heterocycles. The highest BCUT2D eigenvalue weighted by Crippen LogP contribution is 2.48. The Balaban J connectivity index is 2.36. The van der Waals surface area contributed by atoms with Gasteiger partial charge in [0.2, 0.25) is 5.62 Å². The number of carbonyl (C=O) groups is 1. The number of carbonyl (C=O) groups excluding carboxylic acids is 1. The predicted octanol–water partition coefficient (Wildman–Crippen LogP) is 10.5. The number of nitrogens with zero attached hydrogens (tertiary/aromatic N) is 3. The highest BCUT2D eigenvalue weighted by molar-refractivity contribution is 8.05. The van der Waals surface area contributed by atoms with Crippen LogP contribution in [0.15, 0.2) is 53.4 Å². The molecule has 1 aliphatic rings. The Morgan fingerprint density at radius 3 is 1.08 bits per heavy atom. The Bertz CT molecular complexity index is 1550. The van der Waals surface area contributed by atoms with Crippen molar-refractivity contribution in [1.29, 1.82) is 0 Å². The van der Waals surface area contributed by atoms with E-state index in [1.165, 1.54) is 33.6 Å². The maximum Gasteiger partial charge on any atom is 0.573 e. The van der Waals surface area contributed by atoms with Crippen molar-refractivity contribution in [2.24, 2.45) is 4.66 Å². The first kappa shape index (κ1) is 38.6. The SMILES string of the molecule is CC(C)c1cccc(C(C)C)c1-n1ccn(-c2c(C(C)C)cccc2C(C)C)c1=N[Si]1([Si]([Si](C)(C)C)([Si](C)(C)C)[Si](C)(C)C)OC(=O)O1. The van der Waals surface area contributed by atoms with Crippen molar-refractivity contribution in [2.75, 3.05) is 0 Å². The second kappa shape index (κ2) is 13.2. The number of hydrogen-bond donors (Lipinski definition) is 0. The van der Waals surface area contributed by atoms with Crippen LogP contribution in [0.2, 0.25) is 58.9 Å². The molecule has 0 unspecified atom stereocenters. The van der Waals surface area contributed by atoms with Gasteiger partial charge in [-0.25, -0.2) is 9.45 Å². The zero-order chi connectivity index (χ0) is 36.4. The molecule has 1 aromatic heterocycles. The monoisotopic (exact) mass is 737 g/mol. The number of para-hydroxylation sites is 2. The third-order valence-electron chi connectivity index (χ3n) is 10.5. The van der Waals surface area contributed by atoms with Gasteiger partial charge >= 0.3 is 14.4 Å². The number of rotatable bonds is 11. The fourth-order valence-corrected chi connectivity index (χ4v) is 143. The molecule has 0 bridgehead atoms. The number of aromatic nitrogens is 2. The highest BCUT2D eigenvalue weighted by atomic mass is 30.2. The summed E-state index contributed by atoms with van der Waals surface area (Å²) in [6.07, 6.45) is 1.42. The van der Waals surface area contributed by atoms with E-state index in [4.69, 9.17) is 13.5 Å². The average Bonchev–Trinajstić information content (AvgIpc) is 3.31. The minimum Gasteiger partial charge on any atom is -0.440 e. The molecule has 0 amide bonds. The summed E-state index contributed by atoms with van der Waals surface area (Å²) in [7, 11) is -9.37. The quantitative estimate of drug-likeness (QED) is 0.184. The third-order valence-corrected chi connectivity index (χ3v) is 113. The molecule has 3 aromatic rings. The van der Waals surface area contributed by atoms with Crippen molar-refractivity contribution < 1.29 is 13.6 Å². The lowest BCUT2D eigenvalue weighted by atomic mass is 9.92. The normalized spacial score (nSPS) is 15.6. The van der Waals surface area contributed by atoms with Gasteiger partial charge in [-0.05, 0) is 45.9 Å². The summed E-state index contributed by atoms with van der Waals surface area (Å²) in [5.41, 5.74) is 8.33. The maximum absolute atomic E-state index is 13.1. The average molecular weight is 738 g/mol. The van der Waals surface area contributed by atoms with Crippen LogP contribution in [0.1, 0.15) is 101 Å². The molecule has 11 heteroatoms. The van der Waals surface area contributed by atoms with Gasteiger partial charge in [0.15, 0.2) is 6.14 Å². The van der Waals surface area contributed by atoms with Crippen molar-refractivity contribution >= 4 is 43.3 Å². The summed E-state index contributed by atoms with van der Waals surface area (Å²) in [5, 5.41) is 0. The van der Waals surface area contributed by atoms with Crippen molar-refractivity contribution in [1.82, 2.24) is 9.13 Å². The van der Waals surface area contributed by atoms with E-state index in [0.29, 0.717) is 23.7 Å². The lowest BCUT2D eigenvalue weighted by molar-refractivity contribution is 0.0822. The smallest absolute Gasteiger partial charge is 0.440 e. The van der Waals surface area contributed by atoms with Crippen LogP contribution in [-0.4, -0.2) is 52.4 Å². The van der Waals surface area contributed by atoms with E-state index in [-0.39, 0.29) is 0 Å². The summed E-state index contributed by atoms with van der Waals surface area (Å²) >= 11 is 0. The fourth-order valence-electron chi connectivity index (χ4n) is 9.86. The first-order valence-electron chi connectivity index (χ1n) is 18.0. The fraction of sp³-hybridized carbons (Fsp3) is 0.568. The summed E-state index contributed by atoms with van der Waals surface area (Å²) in [5.74, 6) is 1.22. The maximum atomic E-state index is 13.1. The van der Waals surface area contributed by atoms with Crippen molar-refractivity contribution in [2.45, 2.75) is 138 Å². The summed E-state index contributed by atoms with van der Waals surface area (Å²) < 4.78 is 24.0. The second-order valence-corrected chi connectivity index (χ2v) is 68.4. The number of benzene rings is 2. The Hall–Kier alpha value is -2.20. The molecule has 0 spiro atoms. The molecule has 6 nitrogen and oxygen atoms in total. The standard InChI is InChI=1S/C37H63N3O3Si5/c1-26(2)30-20-18-21-31(27(3)4)34(30)39-24-25-40(35-32(28(5)6)22-19-23-33(35)29(7)8)36(39)38-47(42-37(41)43-47)48(44(9,10)11,45(12,13)14)46(15,16)17/h18-29H,1-17H3. The zero-order valence-electron chi connectivity index (χ0n) is 33.0. The molecule has 0 atom stereocenters. The molecule has 4 rings (SSSR count). The summed E-state index contributed by atoms with van der Waals surface area (Å²) in [6, 6.07) is 13.4. The van der Waals surface area contributed by atoms with Crippen molar-refractivity contribution in [3.05, 3.63) is 76.7 Å². The van der Waals surface area contributed by atoms with Crippen molar-refractivity contribution in [3.63, 3.8) is 0 Å². The zero-order valence-corrected chi connectivity index (χ0v) is 38.0. The van der Waals surface area contributed by atoms with Crippen LogP contribution in [0.25, 0.3) is 11.4 Å². The molecule has 0 aliphatic carbocycles. The van der Waals surface area contributed by atoms with Crippen molar-refractivity contribution in [3.8, 4) is 11.4 Å². The molecule has 2 aromatic carbocycles.